The third-order valence-electron chi connectivity index (χ3n) is 11.8. The molecule has 0 radical (unpaired) electrons. The van der Waals surface area contributed by atoms with E-state index in [1.165, 1.54) is 43.2 Å². The summed E-state index contributed by atoms with van der Waals surface area (Å²) in [4.78, 5) is 23.2. The molecule has 1 spiro atoms. The molecule has 270 valence electrons. The Bertz CT molecular complexity index is 3150. The van der Waals surface area contributed by atoms with Crippen molar-refractivity contribution in [2.24, 2.45) is 0 Å². The molecule has 3 heterocycles. The number of hydrogen-bond donors (Lipinski definition) is 0. The number of fused-ring (bicyclic) bond motifs is 12. The Kier molecular flexibility index (Phi) is 7.34. The van der Waals surface area contributed by atoms with Crippen LogP contribution in [-0.2, 0) is 5.41 Å². The van der Waals surface area contributed by atoms with Gasteiger partial charge in [-0.05, 0) is 81.2 Å². The molecule has 0 bridgehead atoms. The number of hydrogen-bond acceptors (Lipinski definition) is 5. The summed E-state index contributed by atoms with van der Waals surface area (Å²) in [7, 11) is 0. The van der Waals surface area contributed by atoms with E-state index in [0.717, 1.165) is 49.6 Å². The molecule has 0 saturated heterocycles. The van der Waals surface area contributed by atoms with Crippen LogP contribution < -0.4 is 0 Å². The van der Waals surface area contributed by atoms with E-state index in [-0.39, 0.29) is 0 Å². The maximum absolute atomic E-state index is 5.44. The van der Waals surface area contributed by atoms with Gasteiger partial charge in [0.05, 0.1) is 16.6 Å². The maximum Gasteiger partial charge on any atom is 0.164 e. The second-order valence-electron chi connectivity index (χ2n) is 14.9. The van der Waals surface area contributed by atoms with Gasteiger partial charge in [-0.25, -0.2) is 19.9 Å². The third kappa shape index (κ3) is 4.90. The van der Waals surface area contributed by atoms with Crippen LogP contribution in [0.1, 0.15) is 22.3 Å². The molecule has 2 aliphatic rings. The normalized spacial score (nSPS) is 13.2. The van der Waals surface area contributed by atoms with Crippen molar-refractivity contribution < 1.29 is 0 Å². The molecular formula is C53H32N4S. The van der Waals surface area contributed by atoms with Crippen molar-refractivity contribution in [2.75, 3.05) is 0 Å². The SMILES string of the molecule is c1ccc(-c2nc(-c3ccccc3)nc(-c3ccc4nc(-c5ccccc5)c5cc6c(cc5c4c3)C3(c4ccccc4Sc4ccccc43)c3ccccc3-6)n2)cc1. The number of rotatable bonds is 4. The van der Waals surface area contributed by atoms with Gasteiger partial charge in [0.2, 0.25) is 0 Å². The van der Waals surface area contributed by atoms with Crippen LogP contribution in [0.15, 0.2) is 204 Å². The summed E-state index contributed by atoms with van der Waals surface area (Å²) in [6.45, 7) is 0. The van der Waals surface area contributed by atoms with Crippen molar-refractivity contribution in [3.63, 3.8) is 0 Å². The lowest BCUT2D eigenvalue weighted by Crippen LogP contribution is -2.31. The van der Waals surface area contributed by atoms with Gasteiger partial charge >= 0.3 is 0 Å². The fourth-order valence-electron chi connectivity index (χ4n) is 9.24. The average Bonchev–Trinajstić information content (AvgIpc) is 3.58. The number of aromatic nitrogens is 4. The van der Waals surface area contributed by atoms with Gasteiger partial charge in [0, 0.05) is 42.8 Å². The van der Waals surface area contributed by atoms with Crippen LogP contribution in [0.4, 0.5) is 0 Å². The molecule has 2 aromatic heterocycles. The summed E-state index contributed by atoms with van der Waals surface area (Å²) in [5.74, 6) is 1.89. The molecule has 0 atom stereocenters. The van der Waals surface area contributed by atoms with Gasteiger partial charge in [-0.1, -0.05) is 163 Å². The topological polar surface area (TPSA) is 51.6 Å². The largest absolute Gasteiger partial charge is 0.247 e. The van der Waals surface area contributed by atoms with E-state index in [2.05, 4.69) is 133 Å². The lowest BCUT2D eigenvalue weighted by Gasteiger charge is -2.39. The Hall–Kier alpha value is -7.21. The quantitative estimate of drug-likeness (QED) is 0.167. The van der Waals surface area contributed by atoms with Crippen molar-refractivity contribution in [1.82, 2.24) is 19.9 Å². The molecule has 0 amide bonds. The predicted molar refractivity (Wildman–Crippen MR) is 236 cm³/mol. The molecule has 5 heteroatoms. The fraction of sp³-hybridized carbons (Fsp3) is 0.0189. The van der Waals surface area contributed by atoms with Gasteiger partial charge in [0.15, 0.2) is 17.5 Å². The van der Waals surface area contributed by atoms with Gasteiger partial charge in [0.25, 0.3) is 0 Å². The highest BCUT2D eigenvalue weighted by Crippen LogP contribution is 2.62. The molecule has 10 aromatic rings. The Balaban J connectivity index is 1.18. The summed E-state index contributed by atoms with van der Waals surface area (Å²) in [6.07, 6.45) is 0. The Labute approximate surface area is 340 Å². The number of nitrogens with zero attached hydrogens (tertiary/aromatic N) is 4. The van der Waals surface area contributed by atoms with E-state index in [1.807, 2.05) is 72.4 Å². The van der Waals surface area contributed by atoms with Crippen LogP contribution >= 0.6 is 11.8 Å². The minimum absolute atomic E-state index is 0.498. The first-order valence-corrected chi connectivity index (χ1v) is 20.4. The first kappa shape index (κ1) is 33.0. The Morgan fingerprint density at radius 2 is 0.845 bits per heavy atom. The summed E-state index contributed by atoms with van der Waals surface area (Å²) >= 11 is 1.87. The molecule has 1 aliphatic carbocycles. The molecule has 0 N–H and O–H groups in total. The summed E-state index contributed by atoms with van der Waals surface area (Å²) < 4.78 is 0. The van der Waals surface area contributed by atoms with E-state index in [9.17, 15) is 0 Å². The Morgan fingerprint density at radius 3 is 1.47 bits per heavy atom. The predicted octanol–water partition coefficient (Wildman–Crippen LogP) is 13.1. The highest BCUT2D eigenvalue weighted by molar-refractivity contribution is 7.99. The van der Waals surface area contributed by atoms with E-state index < -0.39 is 5.41 Å². The zero-order chi connectivity index (χ0) is 38.2. The van der Waals surface area contributed by atoms with Crippen LogP contribution in [0.2, 0.25) is 0 Å². The fourth-order valence-corrected chi connectivity index (χ4v) is 10.4. The van der Waals surface area contributed by atoms with E-state index >= 15 is 0 Å². The van der Waals surface area contributed by atoms with Crippen LogP contribution in [0.3, 0.4) is 0 Å². The van der Waals surface area contributed by atoms with Crippen molar-refractivity contribution in [1.29, 1.82) is 0 Å². The van der Waals surface area contributed by atoms with Crippen LogP contribution in [0.5, 0.6) is 0 Å². The maximum atomic E-state index is 5.44. The summed E-state index contributed by atoms with van der Waals surface area (Å²) in [5, 5.41) is 3.31. The summed E-state index contributed by atoms with van der Waals surface area (Å²) in [6, 6.07) is 69.2. The lowest BCUT2D eigenvalue weighted by molar-refractivity contribution is 0.723. The first-order valence-electron chi connectivity index (χ1n) is 19.6. The van der Waals surface area contributed by atoms with E-state index in [0.29, 0.717) is 17.5 Å². The monoisotopic (exact) mass is 756 g/mol. The van der Waals surface area contributed by atoms with Crippen LogP contribution in [0, 0.1) is 0 Å². The highest BCUT2D eigenvalue weighted by Gasteiger charge is 2.50. The molecule has 8 aromatic carbocycles. The van der Waals surface area contributed by atoms with E-state index in [1.54, 1.807) is 0 Å². The molecule has 0 saturated carbocycles. The van der Waals surface area contributed by atoms with Gasteiger partial charge < -0.3 is 0 Å². The van der Waals surface area contributed by atoms with Crippen LogP contribution in [0.25, 0.3) is 78.2 Å². The van der Waals surface area contributed by atoms with Crippen molar-refractivity contribution in [3.05, 3.63) is 216 Å². The molecule has 4 nitrogen and oxygen atoms in total. The van der Waals surface area contributed by atoms with Gasteiger partial charge in [-0.3, -0.25) is 0 Å². The molecule has 58 heavy (non-hydrogen) atoms. The average molecular weight is 757 g/mol. The van der Waals surface area contributed by atoms with Crippen molar-refractivity contribution in [2.45, 2.75) is 15.2 Å². The minimum Gasteiger partial charge on any atom is -0.247 e. The van der Waals surface area contributed by atoms with Gasteiger partial charge in [-0.15, -0.1) is 0 Å². The second-order valence-corrected chi connectivity index (χ2v) is 16.0. The number of pyridine rings is 1. The standard InChI is InChI=1S/C53H32N4S/c1-4-16-33(17-5-1)49-41-31-39-37-22-10-11-23-42(37)53(43-24-12-14-26-47(43)58-48-27-15-13-25-44(48)53)45(39)32-38(41)40-30-36(28-29-46(40)54-49)52-56-50(34-18-6-2-7-19-34)55-51(57-52)35-20-8-3-9-21-35/h1-32H. The number of benzene rings is 8. The molecule has 1 aliphatic heterocycles. The van der Waals surface area contributed by atoms with Gasteiger partial charge in [0.1, 0.15) is 0 Å². The highest BCUT2D eigenvalue weighted by atomic mass is 32.2. The lowest BCUT2D eigenvalue weighted by atomic mass is 9.67. The third-order valence-corrected chi connectivity index (χ3v) is 12.9. The smallest absolute Gasteiger partial charge is 0.164 e. The van der Waals surface area contributed by atoms with E-state index in [4.69, 9.17) is 19.9 Å². The van der Waals surface area contributed by atoms with Crippen molar-refractivity contribution in [3.8, 4) is 56.5 Å². The zero-order valence-electron chi connectivity index (χ0n) is 31.2. The minimum atomic E-state index is -0.498. The van der Waals surface area contributed by atoms with Crippen molar-refractivity contribution >= 4 is 33.4 Å². The first-order chi connectivity index (χ1) is 28.7. The molecule has 0 fully saturated rings. The second kappa shape index (κ2) is 12.9. The zero-order valence-corrected chi connectivity index (χ0v) is 32.0. The van der Waals surface area contributed by atoms with Gasteiger partial charge in [-0.2, -0.15) is 0 Å². The molecular weight excluding hydrogens is 725 g/mol. The molecule has 0 unspecified atom stereocenters. The molecule has 12 rings (SSSR count). The van der Waals surface area contributed by atoms with Crippen LogP contribution in [-0.4, -0.2) is 19.9 Å². The summed E-state index contributed by atoms with van der Waals surface area (Å²) in [5.41, 5.74) is 13.0. The Morgan fingerprint density at radius 1 is 0.328 bits per heavy atom.